The van der Waals surface area contributed by atoms with Crippen molar-refractivity contribution in [2.75, 3.05) is 0 Å². The Balaban J connectivity index is 2.13. The number of carboxylic acids is 2. The third-order valence-corrected chi connectivity index (χ3v) is 4.30. The first kappa shape index (κ1) is 14.2. The summed E-state index contributed by atoms with van der Waals surface area (Å²) in [6.45, 7) is 0. The van der Waals surface area contributed by atoms with Gasteiger partial charge in [-0.05, 0) is 68.7 Å². The average Bonchev–Trinajstić information content (AvgIpc) is 2.56. The van der Waals surface area contributed by atoms with Crippen LogP contribution in [0.5, 0.6) is 0 Å². The molecule has 4 heteroatoms. The largest absolute Gasteiger partial charge is 0.478 e. The molecule has 0 bridgehead atoms. The van der Waals surface area contributed by atoms with Gasteiger partial charge in [-0.3, -0.25) is 0 Å². The predicted octanol–water partition coefficient (Wildman–Crippen LogP) is 4.54. The maximum Gasteiger partial charge on any atom is 0.336 e. The van der Waals surface area contributed by atoms with Gasteiger partial charge in [0, 0.05) is 0 Å². The van der Waals surface area contributed by atoms with E-state index >= 15 is 0 Å². The molecule has 0 unspecified atom stereocenters. The average molecular weight is 316 g/mol. The van der Waals surface area contributed by atoms with E-state index in [4.69, 9.17) is 0 Å². The molecule has 4 aromatic rings. The van der Waals surface area contributed by atoms with Gasteiger partial charge in [0.15, 0.2) is 0 Å². The second-order valence-electron chi connectivity index (χ2n) is 5.72. The minimum Gasteiger partial charge on any atom is -0.478 e. The van der Waals surface area contributed by atoms with Gasteiger partial charge in [-0.25, -0.2) is 9.59 Å². The van der Waals surface area contributed by atoms with E-state index in [9.17, 15) is 19.8 Å². The zero-order valence-electron chi connectivity index (χ0n) is 12.5. The van der Waals surface area contributed by atoms with Gasteiger partial charge in [-0.1, -0.05) is 24.3 Å². The lowest BCUT2D eigenvalue weighted by Gasteiger charge is -2.08. The Kier molecular flexibility index (Phi) is 3.00. The highest BCUT2D eigenvalue weighted by Gasteiger charge is 2.12. The third kappa shape index (κ3) is 2.08. The molecule has 0 saturated heterocycles. The van der Waals surface area contributed by atoms with E-state index in [2.05, 4.69) is 0 Å². The quantitative estimate of drug-likeness (QED) is 0.532. The summed E-state index contributed by atoms with van der Waals surface area (Å²) in [5.74, 6) is -1.93. The fourth-order valence-corrected chi connectivity index (χ4v) is 3.18. The summed E-state index contributed by atoms with van der Waals surface area (Å²) in [6.07, 6.45) is 0. The fourth-order valence-electron chi connectivity index (χ4n) is 3.18. The Hall–Kier alpha value is -3.40. The molecular formula is C20H12O4. The molecule has 0 atom stereocenters. The maximum absolute atomic E-state index is 11.4. The van der Waals surface area contributed by atoms with E-state index in [1.165, 1.54) is 0 Å². The van der Waals surface area contributed by atoms with Crippen LogP contribution in [-0.4, -0.2) is 22.2 Å². The van der Waals surface area contributed by atoms with Gasteiger partial charge in [0.05, 0.1) is 11.1 Å². The molecule has 4 rings (SSSR count). The first-order valence-electron chi connectivity index (χ1n) is 7.40. The first-order chi connectivity index (χ1) is 11.5. The highest BCUT2D eigenvalue weighted by Crippen LogP contribution is 2.30. The molecule has 2 N–H and O–H groups in total. The third-order valence-electron chi connectivity index (χ3n) is 4.30. The van der Waals surface area contributed by atoms with Gasteiger partial charge >= 0.3 is 11.9 Å². The van der Waals surface area contributed by atoms with Crippen molar-refractivity contribution in [2.24, 2.45) is 0 Å². The number of benzene rings is 4. The lowest BCUT2D eigenvalue weighted by atomic mass is 9.96. The van der Waals surface area contributed by atoms with E-state index in [1.807, 2.05) is 36.4 Å². The van der Waals surface area contributed by atoms with Crippen LogP contribution in [0, 0.1) is 0 Å². The zero-order chi connectivity index (χ0) is 16.8. The first-order valence-corrected chi connectivity index (χ1v) is 7.40. The lowest BCUT2D eigenvalue weighted by molar-refractivity contribution is 0.0688. The van der Waals surface area contributed by atoms with E-state index < -0.39 is 11.9 Å². The van der Waals surface area contributed by atoms with E-state index in [0.29, 0.717) is 10.8 Å². The summed E-state index contributed by atoms with van der Waals surface area (Å²) in [5, 5.41) is 23.5. The van der Waals surface area contributed by atoms with Crippen molar-refractivity contribution < 1.29 is 19.8 Å². The van der Waals surface area contributed by atoms with Crippen molar-refractivity contribution in [1.29, 1.82) is 0 Å². The summed E-state index contributed by atoms with van der Waals surface area (Å²) in [6, 6.07) is 17.8. The van der Waals surface area contributed by atoms with Gasteiger partial charge in [0.2, 0.25) is 0 Å². The standard InChI is InChI=1S/C20H12O4/c21-19(22)15-5-1-3-11-7-13-10-18-12(8-14(13)9-17(11)15)4-2-6-16(18)20(23)24/h1-10H,(H,21,22)(H,23,24). The van der Waals surface area contributed by atoms with Crippen molar-refractivity contribution in [1.82, 2.24) is 0 Å². The molecular weight excluding hydrogens is 304 g/mol. The van der Waals surface area contributed by atoms with Crippen LogP contribution in [0.4, 0.5) is 0 Å². The second-order valence-corrected chi connectivity index (χ2v) is 5.72. The van der Waals surface area contributed by atoms with Gasteiger partial charge in [0.1, 0.15) is 0 Å². The SMILES string of the molecule is O=C(O)c1cccc2cc3cc4c(C(=O)O)cccc4cc3cc12. The molecule has 0 radical (unpaired) electrons. The molecule has 116 valence electrons. The molecule has 0 saturated carbocycles. The molecule has 0 aliphatic rings. The summed E-state index contributed by atoms with van der Waals surface area (Å²) < 4.78 is 0. The van der Waals surface area contributed by atoms with Crippen LogP contribution in [0.25, 0.3) is 32.3 Å². The predicted molar refractivity (Wildman–Crippen MR) is 92.9 cm³/mol. The highest BCUT2D eigenvalue weighted by molar-refractivity contribution is 6.13. The molecule has 4 nitrogen and oxygen atoms in total. The van der Waals surface area contributed by atoms with Crippen LogP contribution in [0.2, 0.25) is 0 Å². The molecule has 0 aliphatic heterocycles. The Bertz CT molecular complexity index is 1070. The monoisotopic (exact) mass is 316 g/mol. The number of aromatic carboxylic acids is 2. The highest BCUT2D eigenvalue weighted by atomic mass is 16.4. The summed E-state index contributed by atoms with van der Waals surface area (Å²) in [5.41, 5.74) is 0.516. The van der Waals surface area contributed by atoms with Crippen molar-refractivity contribution in [3.63, 3.8) is 0 Å². The smallest absolute Gasteiger partial charge is 0.336 e. The summed E-state index contributed by atoms with van der Waals surface area (Å²) in [4.78, 5) is 22.8. The Labute approximate surface area is 136 Å². The molecule has 0 spiro atoms. The molecule has 0 fully saturated rings. The minimum absolute atomic E-state index is 0.258. The number of carboxylic acid groups (broad SMARTS) is 2. The molecule has 0 aromatic heterocycles. The van der Waals surface area contributed by atoms with E-state index in [1.54, 1.807) is 24.3 Å². The van der Waals surface area contributed by atoms with Crippen LogP contribution in [0.3, 0.4) is 0 Å². The molecule has 0 amide bonds. The van der Waals surface area contributed by atoms with Crippen LogP contribution < -0.4 is 0 Å². The van der Waals surface area contributed by atoms with Gasteiger partial charge in [-0.15, -0.1) is 0 Å². The normalized spacial score (nSPS) is 11.2. The maximum atomic E-state index is 11.4. The van der Waals surface area contributed by atoms with Gasteiger partial charge < -0.3 is 10.2 Å². The van der Waals surface area contributed by atoms with Crippen LogP contribution in [0.1, 0.15) is 20.7 Å². The molecule has 0 aliphatic carbocycles. The van der Waals surface area contributed by atoms with Crippen molar-refractivity contribution in [2.45, 2.75) is 0 Å². The van der Waals surface area contributed by atoms with E-state index in [0.717, 1.165) is 21.5 Å². The van der Waals surface area contributed by atoms with E-state index in [-0.39, 0.29) is 11.1 Å². The molecule has 24 heavy (non-hydrogen) atoms. The second kappa shape index (κ2) is 5.06. The van der Waals surface area contributed by atoms with Crippen LogP contribution in [-0.2, 0) is 0 Å². The van der Waals surface area contributed by atoms with Gasteiger partial charge in [0.25, 0.3) is 0 Å². The summed E-state index contributed by atoms with van der Waals surface area (Å²) >= 11 is 0. The Morgan fingerprint density at radius 1 is 0.583 bits per heavy atom. The van der Waals surface area contributed by atoms with Gasteiger partial charge in [-0.2, -0.15) is 0 Å². The van der Waals surface area contributed by atoms with Crippen LogP contribution in [0.15, 0.2) is 60.7 Å². The molecule has 4 aromatic carbocycles. The number of hydrogen-bond donors (Lipinski definition) is 2. The Morgan fingerprint density at radius 3 is 1.38 bits per heavy atom. The van der Waals surface area contributed by atoms with Crippen molar-refractivity contribution in [3.8, 4) is 0 Å². The lowest BCUT2D eigenvalue weighted by Crippen LogP contribution is -1.98. The Morgan fingerprint density at radius 2 is 1.00 bits per heavy atom. The van der Waals surface area contributed by atoms with Crippen molar-refractivity contribution in [3.05, 3.63) is 71.8 Å². The number of hydrogen-bond acceptors (Lipinski definition) is 2. The minimum atomic E-state index is -0.964. The topological polar surface area (TPSA) is 74.6 Å². The fraction of sp³-hybridized carbons (Fsp3) is 0. The summed E-state index contributed by atoms with van der Waals surface area (Å²) in [7, 11) is 0. The zero-order valence-corrected chi connectivity index (χ0v) is 12.5. The number of fused-ring (bicyclic) bond motifs is 3. The number of rotatable bonds is 2. The molecule has 0 heterocycles. The van der Waals surface area contributed by atoms with Crippen molar-refractivity contribution >= 4 is 44.3 Å². The van der Waals surface area contributed by atoms with Crippen LogP contribution >= 0.6 is 0 Å². The number of carbonyl (C=O) groups is 2.